The van der Waals surface area contributed by atoms with Gasteiger partial charge in [-0.05, 0) is 41.4 Å². The van der Waals surface area contributed by atoms with Gasteiger partial charge in [0.1, 0.15) is 0 Å². The van der Waals surface area contributed by atoms with Crippen molar-refractivity contribution in [1.29, 1.82) is 0 Å². The lowest BCUT2D eigenvalue weighted by atomic mass is 10.2. The van der Waals surface area contributed by atoms with E-state index in [9.17, 15) is 0 Å². The highest BCUT2D eigenvalue weighted by Gasteiger charge is 2.12. The van der Waals surface area contributed by atoms with E-state index in [1.165, 1.54) is 0 Å². The summed E-state index contributed by atoms with van der Waals surface area (Å²) in [5, 5.41) is 4.46. The number of rotatable bonds is 2. The third-order valence-corrected chi connectivity index (χ3v) is 3.90. The zero-order valence-electron chi connectivity index (χ0n) is 9.04. The highest BCUT2D eigenvalue weighted by atomic mass is 79.9. The number of alkyl halides is 1. The fourth-order valence-corrected chi connectivity index (χ4v) is 2.05. The summed E-state index contributed by atoms with van der Waals surface area (Å²) in [6.45, 7) is 3.97. The van der Waals surface area contributed by atoms with Crippen LogP contribution in [0, 0.1) is 13.8 Å². The van der Waals surface area contributed by atoms with Gasteiger partial charge in [0.25, 0.3) is 0 Å². The van der Waals surface area contributed by atoms with Crippen LogP contribution >= 0.6 is 27.5 Å². The van der Waals surface area contributed by atoms with Crippen LogP contribution in [-0.2, 0) is 5.88 Å². The van der Waals surface area contributed by atoms with E-state index in [1.54, 1.807) is 12.4 Å². The molecule has 0 saturated heterocycles. The SMILES string of the molecule is Cc1nn(-c2cnccc2CCl)c(C)c1Br. The van der Waals surface area contributed by atoms with Crippen LogP contribution in [0.5, 0.6) is 0 Å². The molecule has 0 aliphatic heterocycles. The van der Waals surface area contributed by atoms with Crippen LogP contribution in [0.15, 0.2) is 22.9 Å². The smallest absolute Gasteiger partial charge is 0.0876 e. The molecular formula is C11H11BrClN3. The number of pyridine rings is 1. The van der Waals surface area contributed by atoms with Gasteiger partial charge in [0.2, 0.25) is 0 Å². The summed E-state index contributed by atoms with van der Waals surface area (Å²) in [5.74, 6) is 0.452. The van der Waals surface area contributed by atoms with Gasteiger partial charge in [-0.15, -0.1) is 11.6 Å². The lowest BCUT2D eigenvalue weighted by molar-refractivity contribution is 0.820. The van der Waals surface area contributed by atoms with Crippen molar-refractivity contribution in [1.82, 2.24) is 14.8 Å². The molecule has 0 aliphatic rings. The van der Waals surface area contributed by atoms with E-state index in [4.69, 9.17) is 11.6 Å². The molecule has 0 amide bonds. The summed E-state index contributed by atoms with van der Waals surface area (Å²) in [4.78, 5) is 4.11. The van der Waals surface area contributed by atoms with Crippen LogP contribution in [0.25, 0.3) is 5.69 Å². The average Bonchev–Trinajstić information content (AvgIpc) is 2.57. The minimum Gasteiger partial charge on any atom is -0.262 e. The van der Waals surface area contributed by atoms with Crippen molar-refractivity contribution in [2.75, 3.05) is 0 Å². The van der Waals surface area contributed by atoms with Gasteiger partial charge in [0.15, 0.2) is 0 Å². The minimum atomic E-state index is 0.452. The standard InChI is InChI=1S/C11H11BrClN3/c1-7-11(12)8(2)16(15-7)10-6-14-4-3-9(10)5-13/h3-4,6H,5H2,1-2H3. The van der Waals surface area contributed by atoms with E-state index in [1.807, 2.05) is 24.6 Å². The van der Waals surface area contributed by atoms with Gasteiger partial charge in [0.05, 0.1) is 27.7 Å². The number of hydrogen-bond donors (Lipinski definition) is 0. The van der Waals surface area contributed by atoms with Gasteiger partial charge in [-0.2, -0.15) is 5.10 Å². The van der Waals surface area contributed by atoms with E-state index >= 15 is 0 Å². The van der Waals surface area contributed by atoms with Crippen molar-refractivity contribution in [3.8, 4) is 5.69 Å². The first-order chi connectivity index (χ1) is 7.65. The first kappa shape index (κ1) is 11.6. The number of aryl methyl sites for hydroxylation is 1. The molecule has 84 valence electrons. The molecule has 5 heteroatoms. The van der Waals surface area contributed by atoms with Gasteiger partial charge in [-0.3, -0.25) is 4.98 Å². The highest BCUT2D eigenvalue weighted by Crippen LogP contribution is 2.24. The number of nitrogens with zero attached hydrogens (tertiary/aromatic N) is 3. The molecule has 16 heavy (non-hydrogen) atoms. The van der Waals surface area contributed by atoms with Crippen molar-refractivity contribution >= 4 is 27.5 Å². The molecule has 2 rings (SSSR count). The monoisotopic (exact) mass is 299 g/mol. The zero-order chi connectivity index (χ0) is 11.7. The molecule has 0 unspecified atom stereocenters. The Bertz CT molecular complexity index is 522. The number of aromatic nitrogens is 3. The number of hydrogen-bond acceptors (Lipinski definition) is 2. The Balaban J connectivity index is 2.63. The molecule has 0 saturated carbocycles. The van der Waals surface area contributed by atoms with E-state index < -0.39 is 0 Å². The summed E-state index contributed by atoms with van der Waals surface area (Å²) in [6, 6.07) is 1.91. The summed E-state index contributed by atoms with van der Waals surface area (Å²) in [7, 11) is 0. The van der Waals surface area contributed by atoms with Gasteiger partial charge < -0.3 is 0 Å². The van der Waals surface area contributed by atoms with Crippen molar-refractivity contribution in [2.45, 2.75) is 19.7 Å². The zero-order valence-corrected chi connectivity index (χ0v) is 11.4. The lowest BCUT2D eigenvalue weighted by Gasteiger charge is -2.07. The van der Waals surface area contributed by atoms with Crippen LogP contribution in [-0.4, -0.2) is 14.8 Å². The van der Waals surface area contributed by atoms with E-state index in [0.717, 1.165) is 27.1 Å². The van der Waals surface area contributed by atoms with Crippen LogP contribution in [0.2, 0.25) is 0 Å². The molecule has 0 N–H and O–H groups in total. The van der Waals surface area contributed by atoms with Crippen molar-refractivity contribution < 1.29 is 0 Å². The maximum absolute atomic E-state index is 5.90. The number of halogens is 2. The third-order valence-electron chi connectivity index (χ3n) is 2.46. The molecule has 0 bridgehead atoms. The Morgan fingerprint density at radius 3 is 2.75 bits per heavy atom. The third kappa shape index (κ3) is 1.87. The van der Waals surface area contributed by atoms with Crippen LogP contribution < -0.4 is 0 Å². The van der Waals surface area contributed by atoms with Crippen molar-refractivity contribution in [3.63, 3.8) is 0 Å². The molecule has 2 aromatic heterocycles. The highest BCUT2D eigenvalue weighted by molar-refractivity contribution is 9.10. The predicted molar refractivity (Wildman–Crippen MR) is 68.1 cm³/mol. The fraction of sp³-hybridized carbons (Fsp3) is 0.273. The quantitative estimate of drug-likeness (QED) is 0.796. The molecule has 0 fully saturated rings. The molecule has 2 heterocycles. The second-order valence-corrected chi connectivity index (χ2v) is 4.59. The second-order valence-electron chi connectivity index (χ2n) is 3.53. The molecular weight excluding hydrogens is 289 g/mol. The van der Waals surface area contributed by atoms with Crippen LogP contribution in [0.1, 0.15) is 17.0 Å². The van der Waals surface area contributed by atoms with Crippen LogP contribution in [0.4, 0.5) is 0 Å². The average molecular weight is 301 g/mol. The normalized spacial score (nSPS) is 10.8. The molecule has 0 radical (unpaired) electrons. The van der Waals surface area contributed by atoms with Crippen molar-refractivity contribution in [2.24, 2.45) is 0 Å². The topological polar surface area (TPSA) is 30.7 Å². The Labute approximate surface area is 108 Å². The molecule has 0 aromatic carbocycles. The van der Waals surface area contributed by atoms with E-state index in [-0.39, 0.29) is 0 Å². The first-order valence-corrected chi connectivity index (χ1v) is 6.19. The second kappa shape index (κ2) is 4.55. The van der Waals surface area contributed by atoms with Crippen molar-refractivity contribution in [3.05, 3.63) is 39.9 Å². The minimum absolute atomic E-state index is 0.452. The Morgan fingerprint density at radius 2 is 2.19 bits per heavy atom. The van der Waals surface area contributed by atoms with E-state index in [0.29, 0.717) is 5.88 Å². The predicted octanol–water partition coefficient (Wildman–Crippen LogP) is 3.39. The lowest BCUT2D eigenvalue weighted by Crippen LogP contribution is -2.03. The van der Waals surface area contributed by atoms with Gasteiger partial charge >= 0.3 is 0 Å². The maximum Gasteiger partial charge on any atom is 0.0876 e. The fourth-order valence-electron chi connectivity index (χ4n) is 1.58. The van der Waals surface area contributed by atoms with E-state index in [2.05, 4.69) is 26.0 Å². The summed E-state index contributed by atoms with van der Waals surface area (Å²) in [6.07, 6.45) is 3.52. The van der Waals surface area contributed by atoms with Gasteiger partial charge in [-0.1, -0.05) is 0 Å². The summed E-state index contributed by atoms with van der Waals surface area (Å²) >= 11 is 9.41. The molecule has 2 aromatic rings. The molecule has 0 aliphatic carbocycles. The van der Waals surface area contributed by atoms with Crippen LogP contribution in [0.3, 0.4) is 0 Å². The van der Waals surface area contributed by atoms with Gasteiger partial charge in [0, 0.05) is 12.1 Å². The summed E-state index contributed by atoms with van der Waals surface area (Å²) < 4.78 is 2.89. The summed E-state index contributed by atoms with van der Waals surface area (Å²) in [5.41, 5.74) is 3.97. The Kier molecular flexibility index (Phi) is 3.30. The molecule has 0 atom stereocenters. The maximum atomic E-state index is 5.90. The Morgan fingerprint density at radius 1 is 1.44 bits per heavy atom. The molecule has 0 spiro atoms. The largest absolute Gasteiger partial charge is 0.262 e. The van der Waals surface area contributed by atoms with Gasteiger partial charge in [-0.25, -0.2) is 4.68 Å². The molecule has 3 nitrogen and oxygen atoms in total. The first-order valence-electron chi connectivity index (χ1n) is 4.86. The Hall–Kier alpha value is -0.870.